The van der Waals surface area contributed by atoms with Crippen molar-refractivity contribution in [2.24, 2.45) is 5.92 Å². The van der Waals surface area contributed by atoms with E-state index in [4.69, 9.17) is 9.47 Å². The topological polar surface area (TPSA) is 65.6 Å². The van der Waals surface area contributed by atoms with Crippen LogP contribution in [0.25, 0.3) is 0 Å². The predicted octanol–water partition coefficient (Wildman–Crippen LogP) is 1.75. The predicted molar refractivity (Wildman–Crippen MR) is 119 cm³/mol. The summed E-state index contributed by atoms with van der Waals surface area (Å²) in [5, 5.41) is 0. The van der Waals surface area contributed by atoms with Crippen molar-refractivity contribution in [2.75, 3.05) is 72.6 Å². The Morgan fingerprint density at radius 2 is 1.45 bits per heavy atom. The fourth-order valence-corrected chi connectivity index (χ4v) is 3.85. The van der Waals surface area contributed by atoms with Crippen LogP contribution in [0.2, 0.25) is 0 Å². The van der Waals surface area contributed by atoms with Crippen LogP contribution in [0.1, 0.15) is 19.4 Å². The van der Waals surface area contributed by atoms with Crippen LogP contribution in [0.3, 0.4) is 0 Å². The van der Waals surface area contributed by atoms with Gasteiger partial charge in [0.05, 0.1) is 20.3 Å². The third kappa shape index (κ3) is 7.11. The molecule has 0 radical (unpaired) electrons. The molecule has 1 aromatic carbocycles. The summed E-state index contributed by atoms with van der Waals surface area (Å²) in [4.78, 5) is 33.0. The lowest BCUT2D eigenvalue weighted by Crippen LogP contribution is -2.54. The van der Waals surface area contributed by atoms with E-state index in [1.165, 1.54) is 5.56 Å². The number of carbonyl (C=O) groups is 2. The molecule has 0 saturated carbocycles. The van der Waals surface area contributed by atoms with Gasteiger partial charge in [-0.3, -0.25) is 14.6 Å². The molecule has 0 spiro atoms. The molecule has 8 heteroatoms. The van der Waals surface area contributed by atoms with Crippen LogP contribution >= 0.6 is 0 Å². The Hall–Kier alpha value is -2.32. The minimum absolute atomic E-state index is 0.180. The van der Waals surface area contributed by atoms with Crippen molar-refractivity contribution in [3.8, 4) is 5.75 Å². The molecule has 0 bridgehead atoms. The van der Waals surface area contributed by atoms with Crippen molar-refractivity contribution >= 4 is 12.0 Å². The average molecular weight is 433 g/mol. The third-order valence-electron chi connectivity index (χ3n) is 5.82. The van der Waals surface area contributed by atoms with Crippen LogP contribution in [-0.2, 0) is 16.1 Å². The lowest BCUT2D eigenvalue weighted by Gasteiger charge is -2.37. The highest BCUT2D eigenvalue weighted by atomic mass is 16.6. The highest BCUT2D eigenvalue weighted by molar-refractivity contribution is 5.78. The van der Waals surface area contributed by atoms with Gasteiger partial charge in [0.2, 0.25) is 5.91 Å². The Bertz CT molecular complexity index is 709. The molecule has 172 valence electrons. The first-order valence-corrected chi connectivity index (χ1v) is 11.2. The van der Waals surface area contributed by atoms with E-state index in [9.17, 15) is 9.59 Å². The summed E-state index contributed by atoms with van der Waals surface area (Å²) in [6.45, 7) is 11.7. The summed E-state index contributed by atoms with van der Waals surface area (Å²) >= 11 is 0. The molecule has 2 heterocycles. The lowest BCUT2D eigenvalue weighted by atomic mass is 10.2. The Kier molecular flexibility index (Phi) is 8.54. The molecule has 2 amide bonds. The SMILES string of the molecule is COc1ccc(CN2CCN(C(=O)CN3CCN(C(=O)OCC(C)C)CC3)CC2)cc1. The van der Waals surface area contributed by atoms with Crippen LogP contribution in [0, 0.1) is 5.92 Å². The molecule has 2 aliphatic heterocycles. The number of methoxy groups -OCH3 is 1. The monoisotopic (exact) mass is 432 g/mol. The Morgan fingerprint density at radius 3 is 2.03 bits per heavy atom. The molecule has 2 saturated heterocycles. The van der Waals surface area contributed by atoms with Crippen LogP contribution < -0.4 is 4.74 Å². The van der Waals surface area contributed by atoms with Gasteiger partial charge in [0.25, 0.3) is 0 Å². The summed E-state index contributed by atoms with van der Waals surface area (Å²) in [7, 11) is 1.67. The van der Waals surface area contributed by atoms with E-state index in [1.807, 2.05) is 30.9 Å². The van der Waals surface area contributed by atoms with E-state index < -0.39 is 0 Å². The van der Waals surface area contributed by atoms with Crippen LogP contribution in [0.5, 0.6) is 5.75 Å². The molecule has 8 nitrogen and oxygen atoms in total. The van der Waals surface area contributed by atoms with E-state index >= 15 is 0 Å². The highest BCUT2D eigenvalue weighted by Crippen LogP contribution is 2.14. The summed E-state index contributed by atoms with van der Waals surface area (Å²) < 4.78 is 10.5. The fraction of sp³-hybridized carbons (Fsp3) is 0.652. The van der Waals surface area contributed by atoms with Gasteiger partial charge >= 0.3 is 6.09 Å². The minimum atomic E-state index is -0.243. The van der Waals surface area contributed by atoms with Crippen molar-refractivity contribution in [2.45, 2.75) is 20.4 Å². The number of hydrogen-bond donors (Lipinski definition) is 0. The van der Waals surface area contributed by atoms with Crippen LogP contribution in [-0.4, -0.2) is 104 Å². The minimum Gasteiger partial charge on any atom is -0.497 e. The van der Waals surface area contributed by atoms with Gasteiger partial charge in [-0.1, -0.05) is 26.0 Å². The molecule has 0 unspecified atom stereocenters. The second-order valence-corrected chi connectivity index (χ2v) is 8.74. The molecule has 3 rings (SSSR count). The third-order valence-corrected chi connectivity index (χ3v) is 5.82. The smallest absolute Gasteiger partial charge is 0.409 e. The molecule has 31 heavy (non-hydrogen) atoms. The van der Waals surface area contributed by atoms with Gasteiger partial charge in [0, 0.05) is 58.9 Å². The molecule has 2 fully saturated rings. The standard InChI is InChI=1S/C23H36N4O4/c1-19(2)18-31-23(29)27-14-10-25(11-15-27)17-22(28)26-12-8-24(9-13-26)16-20-4-6-21(30-3)7-5-20/h4-7,19H,8-18H2,1-3H3. The van der Waals surface area contributed by atoms with Gasteiger partial charge < -0.3 is 19.3 Å². The molecule has 0 aromatic heterocycles. The second-order valence-electron chi connectivity index (χ2n) is 8.74. The van der Waals surface area contributed by atoms with Gasteiger partial charge in [0.1, 0.15) is 5.75 Å². The van der Waals surface area contributed by atoms with E-state index in [1.54, 1.807) is 12.0 Å². The highest BCUT2D eigenvalue weighted by Gasteiger charge is 2.26. The summed E-state index contributed by atoms with van der Waals surface area (Å²) in [6.07, 6.45) is -0.243. The second kappa shape index (κ2) is 11.3. The lowest BCUT2D eigenvalue weighted by molar-refractivity contribution is -0.134. The zero-order chi connectivity index (χ0) is 22.2. The number of benzene rings is 1. The Balaban J connectivity index is 1.35. The van der Waals surface area contributed by atoms with Gasteiger partial charge in [-0.15, -0.1) is 0 Å². The van der Waals surface area contributed by atoms with Gasteiger partial charge in [0.15, 0.2) is 0 Å². The zero-order valence-electron chi connectivity index (χ0n) is 19.1. The number of piperazine rings is 2. The number of carbonyl (C=O) groups excluding carboxylic acids is 2. The molecule has 1 aromatic rings. The maximum atomic E-state index is 12.7. The van der Waals surface area contributed by atoms with Crippen molar-refractivity contribution in [1.82, 2.24) is 19.6 Å². The van der Waals surface area contributed by atoms with E-state index in [2.05, 4.69) is 21.9 Å². The first kappa shape index (κ1) is 23.3. The average Bonchev–Trinajstić information content (AvgIpc) is 2.79. The maximum absolute atomic E-state index is 12.7. The largest absolute Gasteiger partial charge is 0.497 e. The number of ether oxygens (including phenoxy) is 2. The normalized spacial score (nSPS) is 18.3. The van der Waals surface area contributed by atoms with Crippen LogP contribution in [0.15, 0.2) is 24.3 Å². The Labute approximate surface area is 185 Å². The summed E-state index contributed by atoms with van der Waals surface area (Å²) in [6, 6.07) is 8.15. The number of rotatable bonds is 7. The van der Waals surface area contributed by atoms with Gasteiger partial charge in [-0.05, 0) is 23.6 Å². The first-order valence-electron chi connectivity index (χ1n) is 11.2. The van der Waals surface area contributed by atoms with Gasteiger partial charge in [-0.2, -0.15) is 0 Å². The molecular formula is C23H36N4O4. The summed E-state index contributed by atoms with van der Waals surface area (Å²) in [5.74, 6) is 1.38. The van der Waals surface area contributed by atoms with Crippen molar-refractivity contribution in [3.05, 3.63) is 29.8 Å². The molecule has 2 aliphatic rings. The van der Waals surface area contributed by atoms with E-state index in [0.29, 0.717) is 45.2 Å². The first-order chi connectivity index (χ1) is 14.9. The number of amides is 2. The van der Waals surface area contributed by atoms with Crippen LogP contribution in [0.4, 0.5) is 4.79 Å². The van der Waals surface area contributed by atoms with Gasteiger partial charge in [-0.25, -0.2) is 4.79 Å². The van der Waals surface area contributed by atoms with Crippen molar-refractivity contribution in [1.29, 1.82) is 0 Å². The van der Waals surface area contributed by atoms with Crippen molar-refractivity contribution in [3.63, 3.8) is 0 Å². The quantitative estimate of drug-likeness (QED) is 0.654. The number of nitrogens with zero attached hydrogens (tertiary/aromatic N) is 4. The van der Waals surface area contributed by atoms with E-state index in [0.717, 1.165) is 38.5 Å². The number of hydrogen-bond acceptors (Lipinski definition) is 6. The molecule has 0 aliphatic carbocycles. The molecule has 0 N–H and O–H groups in total. The Morgan fingerprint density at radius 1 is 0.871 bits per heavy atom. The fourth-order valence-electron chi connectivity index (χ4n) is 3.85. The zero-order valence-corrected chi connectivity index (χ0v) is 19.1. The van der Waals surface area contributed by atoms with Crippen molar-refractivity contribution < 1.29 is 19.1 Å². The maximum Gasteiger partial charge on any atom is 0.409 e. The molecular weight excluding hydrogens is 396 g/mol. The summed E-state index contributed by atoms with van der Waals surface area (Å²) in [5.41, 5.74) is 1.25. The molecule has 0 atom stereocenters. The van der Waals surface area contributed by atoms with E-state index in [-0.39, 0.29) is 12.0 Å².